The van der Waals surface area contributed by atoms with E-state index < -0.39 is 0 Å². The van der Waals surface area contributed by atoms with Gasteiger partial charge in [0.25, 0.3) is 5.91 Å². The Morgan fingerprint density at radius 1 is 1.26 bits per heavy atom. The minimum atomic E-state index is -0.227. The van der Waals surface area contributed by atoms with E-state index in [9.17, 15) is 9.18 Å². The average Bonchev–Trinajstić information content (AvgIpc) is 3.31. The molecule has 3 aliphatic rings. The Morgan fingerprint density at radius 3 is 2.74 bits per heavy atom. The third-order valence-corrected chi connectivity index (χ3v) is 4.80. The van der Waals surface area contributed by atoms with Crippen LogP contribution in [0.4, 0.5) is 4.39 Å². The Balaban J connectivity index is 1.50. The van der Waals surface area contributed by atoms with Crippen molar-refractivity contribution >= 4 is 11.6 Å². The van der Waals surface area contributed by atoms with Gasteiger partial charge in [0.1, 0.15) is 11.5 Å². The third kappa shape index (κ3) is 2.85. The summed E-state index contributed by atoms with van der Waals surface area (Å²) >= 11 is 0. The molecule has 1 N–H and O–H groups in total. The second kappa shape index (κ2) is 5.76. The fourth-order valence-corrected chi connectivity index (χ4v) is 3.38. The lowest BCUT2D eigenvalue weighted by atomic mass is 9.97. The van der Waals surface area contributed by atoms with Gasteiger partial charge in [0.15, 0.2) is 0 Å². The van der Waals surface area contributed by atoms with Crippen molar-refractivity contribution in [2.75, 3.05) is 0 Å². The molecule has 4 heteroatoms. The summed E-state index contributed by atoms with van der Waals surface area (Å²) in [6.07, 6.45) is 6.56. The van der Waals surface area contributed by atoms with Crippen molar-refractivity contribution in [3.05, 3.63) is 59.4 Å². The van der Waals surface area contributed by atoms with Crippen LogP contribution < -0.4 is 5.32 Å². The summed E-state index contributed by atoms with van der Waals surface area (Å²) < 4.78 is 13.8. The van der Waals surface area contributed by atoms with Crippen molar-refractivity contribution in [3.8, 4) is 0 Å². The second-order valence-corrected chi connectivity index (χ2v) is 6.48. The van der Waals surface area contributed by atoms with Crippen LogP contribution in [-0.2, 0) is 4.79 Å². The quantitative estimate of drug-likeness (QED) is 0.906. The molecule has 0 aromatic heterocycles. The summed E-state index contributed by atoms with van der Waals surface area (Å²) in [5.41, 5.74) is 2.25. The lowest BCUT2D eigenvalue weighted by Crippen LogP contribution is -2.34. The first-order valence-corrected chi connectivity index (χ1v) is 8.20. The molecule has 1 aliphatic heterocycles. The molecule has 1 aromatic carbocycles. The molecule has 23 heavy (non-hydrogen) atoms. The first-order chi connectivity index (χ1) is 11.2. The van der Waals surface area contributed by atoms with Crippen LogP contribution in [0.1, 0.15) is 37.3 Å². The number of benzene rings is 1. The van der Waals surface area contributed by atoms with Crippen LogP contribution in [0, 0.1) is 5.92 Å². The first-order valence-electron chi connectivity index (χ1n) is 8.20. The summed E-state index contributed by atoms with van der Waals surface area (Å²) in [5.74, 6) is 0.123. The largest absolute Gasteiger partial charge is 0.344 e. The lowest BCUT2D eigenvalue weighted by Gasteiger charge is -2.18. The minimum Gasteiger partial charge on any atom is -0.344 e. The number of rotatable bonds is 4. The average molecular weight is 310 g/mol. The molecular formula is C19H19FN2O. The Kier molecular flexibility index (Phi) is 3.60. The first kappa shape index (κ1) is 14.4. The number of amides is 1. The molecule has 1 heterocycles. The van der Waals surface area contributed by atoms with Gasteiger partial charge >= 0.3 is 0 Å². The van der Waals surface area contributed by atoms with E-state index in [-0.39, 0.29) is 23.8 Å². The van der Waals surface area contributed by atoms with Gasteiger partial charge in [-0.3, -0.25) is 9.79 Å². The van der Waals surface area contributed by atoms with E-state index in [0.29, 0.717) is 30.0 Å². The van der Waals surface area contributed by atoms with Crippen LogP contribution in [0.5, 0.6) is 0 Å². The number of carbonyl (C=O) groups is 1. The Morgan fingerprint density at radius 2 is 2.04 bits per heavy atom. The van der Waals surface area contributed by atoms with E-state index in [1.165, 1.54) is 6.08 Å². The van der Waals surface area contributed by atoms with E-state index in [2.05, 4.69) is 10.3 Å². The summed E-state index contributed by atoms with van der Waals surface area (Å²) in [4.78, 5) is 17.0. The van der Waals surface area contributed by atoms with Crippen LogP contribution in [0.25, 0.3) is 0 Å². The third-order valence-electron chi connectivity index (χ3n) is 4.80. The maximum absolute atomic E-state index is 13.8. The zero-order valence-electron chi connectivity index (χ0n) is 12.8. The van der Waals surface area contributed by atoms with Gasteiger partial charge in [0.2, 0.25) is 0 Å². The number of nitrogens with one attached hydrogen (secondary N) is 1. The molecule has 1 amide bonds. The maximum Gasteiger partial charge on any atom is 0.266 e. The summed E-state index contributed by atoms with van der Waals surface area (Å²) in [7, 11) is 0. The SMILES string of the molecule is O=C(NC(c1ccccc1)C1CC1)C1=NC2CC=CC(F)=C2C1. The number of nitrogens with zero attached hydrogens (tertiary/aromatic N) is 1. The molecular weight excluding hydrogens is 291 g/mol. The molecule has 2 aliphatic carbocycles. The van der Waals surface area contributed by atoms with Crippen LogP contribution in [0.15, 0.2) is 58.9 Å². The number of hydrogen-bond acceptors (Lipinski definition) is 2. The molecule has 0 radical (unpaired) electrons. The fourth-order valence-electron chi connectivity index (χ4n) is 3.38. The Hall–Kier alpha value is -2.23. The molecule has 0 saturated heterocycles. The monoisotopic (exact) mass is 310 g/mol. The molecule has 4 rings (SSSR count). The van der Waals surface area contributed by atoms with E-state index >= 15 is 0 Å². The highest BCUT2D eigenvalue weighted by Gasteiger charge is 2.36. The van der Waals surface area contributed by atoms with Gasteiger partial charge in [-0.05, 0) is 42.4 Å². The van der Waals surface area contributed by atoms with Gasteiger partial charge in [0, 0.05) is 6.42 Å². The normalized spacial score (nSPS) is 24.2. The smallest absolute Gasteiger partial charge is 0.266 e. The van der Waals surface area contributed by atoms with E-state index in [4.69, 9.17) is 0 Å². The number of hydrogen-bond donors (Lipinski definition) is 1. The standard InChI is InChI=1S/C19H19FN2O/c20-15-7-4-8-16-14(15)11-17(21-16)19(23)22-18(13-9-10-13)12-5-2-1-3-6-12/h1-7,13,16,18H,8-11H2,(H,22,23). The Bertz CT molecular complexity index is 716. The highest BCUT2D eigenvalue weighted by molar-refractivity contribution is 6.40. The molecule has 1 aromatic rings. The van der Waals surface area contributed by atoms with Crippen molar-refractivity contribution < 1.29 is 9.18 Å². The second-order valence-electron chi connectivity index (χ2n) is 6.48. The van der Waals surface area contributed by atoms with Crippen molar-refractivity contribution in [3.63, 3.8) is 0 Å². The summed E-state index contributed by atoms with van der Waals surface area (Å²) in [5, 5.41) is 3.13. The minimum absolute atomic E-state index is 0.0333. The van der Waals surface area contributed by atoms with Crippen LogP contribution in [0.2, 0.25) is 0 Å². The number of aliphatic imine (C=N–C) groups is 1. The molecule has 2 unspecified atom stereocenters. The highest BCUT2D eigenvalue weighted by Crippen LogP contribution is 2.41. The highest BCUT2D eigenvalue weighted by atomic mass is 19.1. The number of allylic oxidation sites excluding steroid dienone is 2. The number of fused-ring (bicyclic) bond motifs is 1. The number of halogens is 1. The molecule has 0 bridgehead atoms. The van der Waals surface area contributed by atoms with Crippen molar-refractivity contribution in [1.82, 2.24) is 5.32 Å². The van der Waals surface area contributed by atoms with Gasteiger partial charge in [-0.1, -0.05) is 36.4 Å². The number of carbonyl (C=O) groups excluding carboxylic acids is 1. The zero-order chi connectivity index (χ0) is 15.8. The van der Waals surface area contributed by atoms with Crippen LogP contribution >= 0.6 is 0 Å². The predicted molar refractivity (Wildman–Crippen MR) is 87.8 cm³/mol. The van der Waals surface area contributed by atoms with Gasteiger partial charge in [-0.15, -0.1) is 0 Å². The predicted octanol–water partition coefficient (Wildman–Crippen LogP) is 3.65. The molecule has 1 fully saturated rings. The van der Waals surface area contributed by atoms with E-state index in [0.717, 1.165) is 18.4 Å². The van der Waals surface area contributed by atoms with Gasteiger partial charge < -0.3 is 5.32 Å². The molecule has 118 valence electrons. The lowest BCUT2D eigenvalue weighted by molar-refractivity contribution is -0.115. The van der Waals surface area contributed by atoms with E-state index in [1.807, 2.05) is 30.3 Å². The van der Waals surface area contributed by atoms with E-state index in [1.54, 1.807) is 6.08 Å². The molecule has 3 nitrogen and oxygen atoms in total. The molecule has 2 atom stereocenters. The molecule has 0 spiro atoms. The van der Waals surface area contributed by atoms with Gasteiger partial charge in [0.05, 0.1) is 12.1 Å². The topological polar surface area (TPSA) is 41.5 Å². The molecule has 1 saturated carbocycles. The van der Waals surface area contributed by atoms with Crippen molar-refractivity contribution in [2.45, 2.75) is 37.8 Å². The fraction of sp³-hybridized carbons (Fsp3) is 0.368. The zero-order valence-corrected chi connectivity index (χ0v) is 12.8. The van der Waals surface area contributed by atoms with Gasteiger partial charge in [-0.2, -0.15) is 0 Å². The van der Waals surface area contributed by atoms with Crippen molar-refractivity contribution in [2.24, 2.45) is 10.9 Å². The summed E-state index contributed by atoms with van der Waals surface area (Å²) in [6, 6.07) is 9.90. The van der Waals surface area contributed by atoms with Crippen LogP contribution in [-0.4, -0.2) is 17.7 Å². The Labute approximate surface area is 135 Å². The van der Waals surface area contributed by atoms with Gasteiger partial charge in [-0.25, -0.2) is 4.39 Å². The van der Waals surface area contributed by atoms with Crippen molar-refractivity contribution in [1.29, 1.82) is 0 Å². The van der Waals surface area contributed by atoms with Crippen LogP contribution in [0.3, 0.4) is 0 Å². The maximum atomic E-state index is 13.8. The summed E-state index contributed by atoms with van der Waals surface area (Å²) in [6.45, 7) is 0.